The predicted molar refractivity (Wildman–Crippen MR) is 99.7 cm³/mol. The smallest absolute Gasteiger partial charge is 0.278 e. The summed E-state index contributed by atoms with van der Waals surface area (Å²) in [6.45, 7) is 7.82. The van der Waals surface area contributed by atoms with Crippen LogP contribution in [0.25, 0.3) is 5.69 Å². The third kappa shape index (κ3) is 3.42. The normalized spacial score (nSPS) is 10.8. The number of carbonyl (C=O) groups is 1. The lowest BCUT2D eigenvalue weighted by Gasteiger charge is -2.09. The van der Waals surface area contributed by atoms with Crippen molar-refractivity contribution in [3.8, 4) is 5.69 Å². The average molecular weight is 355 g/mol. The number of nitrogens with one attached hydrogen (secondary N) is 1. The van der Waals surface area contributed by atoms with Gasteiger partial charge in [0.15, 0.2) is 5.69 Å². The van der Waals surface area contributed by atoms with Gasteiger partial charge in [-0.2, -0.15) is 0 Å². The Hall–Kier alpha value is -2.66. The Morgan fingerprint density at radius 1 is 1.00 bits per heavy atom. The van der Waals surface area contributed by atoms with Gasteiger partial charge in [0, 0.05) is 10.7 Å². The minimum atomic E-state index is -0.285. The van der Waals surface area contributed by atoms with E-state index in [1.165, 1.54) is 5.56 Å². The van der Waals surface area contributed by atoms with Crippen LogP contribution in [-0.4, -0.2) is 20.9 Å². The largest absolute Gasteiger partial charge is 0.321 e. The molecule has 0 fully saturated rings. The second kappa shape index (κ2) is 6.69. The van der Waals surface area contributed by atoms with E-state index in [4.69, 9.17) is 11.6 Å². The summed E-state index contributed by atoms with van der Waals surface area (Å²) in [5.41, 5.74) is 5.79. The Bertz CT molecular complexity index is 962. The molecule has 0 atom stereocenters. The molecule has 1 heterocycles. The summed E-state index contributed by atoms with van der Waals surface area (Å²) >= 11 is 6.08. The van der Waals surface area contributed by atoms with Gasteiger partial charge < -0.3 is 5.32 Å². The summed E-state index contributed by atoms with van der Waals surface area (Å²) in [5.74, 6) is -0.285. The van der Waals surface area contributed by atoms with Crippen molar-refractivity contribution in [3.63, 3.8) is 0 Å². The summed E-state index contributed by atoms with van der Waals surface area (Å²) in [6.07, 6.45) is 0. The van der Waals surface area contributed by atoms with E-state index in [-0.39, 0.29) is 11.6 Å². The van der Waals surface area contributed by atoms with Crippen molar-refractivity contribution >= 4 is 23.2 Å². The predicted octanol–water partition coefficient (Wildman–Crippen LogP) is 4.41. The lowest BCUT2D eigenvalue weighted by molar-refractivity contribution is 0.102. The van der Waals surface area contributed by atoms with Crippen molar-refractivity contribution in [3.05, 3.63) is 69.5 Å². The van der Waals surface area contributed by atoms with Crippen molar-refractivity contribution in [2.45, 2.75) is 27.7 Å². The fraction of sp³-hybridized carbons (Fsp3) is 0.211. The standard InChI is InChI=1S/C19H19ClN4O/c1-11-6-8-16(9-13(11)3)21-19(25)18-14(4)24(23-22-18)17-10-15(20)7-5-12(17)2/h5-10H,1-4H3,(H,21,25). The van der Waals surface area contributed by atoms with Gasteiger partial charge in [0.25, 0.3) is 5.91 Å². The lowest BCUT2D eigenvalue weighted by Crippen LogP contribution is -2.14. The minimum Gasteiger partial charge on any atom is -0.321 e. The third-order valence-corrected chi connectivity index (χ3v) is 4.51. The highest BCUT2D eigenvalue weighted by Gasteiger charge is 2.18. The SMILES string of the molecule is Cc1ccc(NC(=O)c2nnn(-c3cc(Cl)ccc3C)c2C)cc1C. The second-order valence-corrected chi connectivity index (χ2v) is 6.56. The quantitative estimate of drug-likeness (QED) is 0.758. The summed E-state index contributed by atoms with van der Waals surface area (Å²) in [4.78, 5) is 12.6. The maximum atomic E-state index is 12.6. The number of aryl methyl sites for hydroxylation is 3. The van der Waals surface area contributed by atoms with Gasteiger partial charge in [0.05, 0.1) is 11.4 Å². The Labute approximate surface area is 151 Å². The molecule has 128 valence electrons. The van der Waals surface area contributed by atoms with E-state index in [9.17, 15) is 4.79 Å². The van der Waals surface area contributed by atoms with Crippen LogP contribution in [0.1, 0.15) is 32.9 Å². The van der Waals surface area contributed by atoms with Crippen molar-refractivity contribution in [2.24, 2.45) is 0 Å². The number of aromatic nitrogens is 3. The molecule has 0 radical (unpaired) electrons. The van der Waals surface area contributed by atoms with Gasteiger partial charge in [-0.3, -0.25) is 4.79 Å². The van der Waals surface area contributed by atoms with E-state index < -0.39 is 0 Å². The van der Waals surface area contributed by atoms with Crippen LogP contribution in [0.15, 0.2) is 36.4 Å². The fourth-order valence-corrected chi connectivity index (χ4v) is 2.75. The molecule has 6 heteroatoms. The average Bonchev–Trinajstić information content (AvgIpc) is 2.95. The third-order valence-electron chi connectivity index (χ3n) is 4.27. The first-order chi connectivity index (χ1) is 11.9. The topological polar surface area (TPSA) is 59.8 Å². The molecule has 0 aliphatic carbocycles. The molecule has 3 rings (SSSR count). The van der Waals surface area contributed by atoms with E-state index in [2.05, 4.69) is 15.6 Å². The Kier molecular flexibility index (Phi) is 4.59. The van der Waals surface area contributed by atoms with Crippen molar-refractivity contribution in [1.29, 1.82) is 0 Å². The molecule has 25 heavy (non-hydrogen) atoms. The highest BCUT2D eigenvalue weighted by molar-refractivity contribution is 6.30. The molecular formula is C19H19ClN4O. The number of halogens is 1. The maximum absolute atomic E-state index is 12.6. The molecule has 0 unspecified atom stereocenters. The first-order valence-electron chi connectivity index (χ1n) is 7.94. The van der Waals surface area contributed by atoms with E-state index in [1.54, 1.807) is 4.68 Å². The van der Waals surface area contributed by atoms with Gasteiger partial charge in [0.1, 0.15) is 0 Å². The first-order valence-corrected chi connectivity index (χ1v) is 8.32. The zero-order valence-corrected chi connectivity index (χ0v) is 15.3. The molecule has 0 aliphatic rings. The molecule has 0 saturated heterocycles. The van der Waals surface area contributed by atoms with Crippen LogP contribution in [0.5, 0.6) is 0 Å². The van der Waals surface area contributed by atoms with Crippen LogP contribution in [-0.2, 0) is 0 Å². The molecule has 2 aromatic carbocycles. The van der Waals surface area contributed by atoms with Gasteiger partial charge in [-0.05, 0) is 68.7 Å². The van der Waals surface area contributed by atoms with Crippen molar-refractivity contribution < 1.29 is 4.79 Å². The van der Waals surface area contributed by atoms with Crippen LogP contribution >= 0.6 is 11.6 Å². The van der Waals surface area contributed by atoms with Gasteiger partial charge in [0.2, 0.25) is 0 Å². The Morgan fingerprint density at radius 3 is 2.44 bits per heavy atom. The molecule has 0 bridgehead atoms. The van der Waals surface area contributed by atoms with Crippen LogP contribution in [0, 0.1) is 27.7 Å². The number of nitrogens with zero attached hydrogens (tertiary/aromatic N) is 3. The minimum absolute atomic E-state index is 0.285. The Balaban J connectivity index is 1.91. The zero-order chi connectivity index (χ0) is 18.1. The molecule has 3 aromatic rings. The maximum Gasteiger partial charge on any atom is 0.278 e. The summed E-state index contributed by atoms with van der Waals surface area (Å²) in [6, 6.07) is 11.3. The van der Waals surface area contributed by atoms with E-state index in [0.29, 0.717) is 10.7 Å². The number of anilines is 1. The molecule has 0 saturated carbocycles. The van der Waals surface area contributed by atoms with Crippen molar-refractivity contribution in [2.75, 3.05) is 5.32 Å². The van der Waals surface area contributed by atoms with Crippen LogP contribution < -0.4 is 5.32 Å². The summed E-state index contributed by atoms with van der Waals surface area (Å²) < 4.78 is 1.64. The molecule has 5 nitrogen and oxygen atoms in total. The van der Waals surface area contributed by atoms with E-state index in [1.807, 2.05) is 64.1 Å². The van der Waals surface area contributed by atoms with Crippen LogP contribution in [0.2, 0.25) is 5.02 Å². The molecule has 0 spiro atoms. The lowest BCUT2D eigenvalue weighted by atomic mass is 10.1. The molecule has 1 amide bonds. The van der Waals surface area contributed by atoms with Gasteiger partial charge in [-0.1, -0.05) is 28.9 Å². The van der Waals surface area contributed by atoms with Crippen LogP contribution in [0.4, 0.5) is 5.69 Å². The fourth-order valence-electron chi connectivity index (χ4n) is 2.59. The number of hydrogen-bond donors (Lipinski definition) is 1. The summed E-state index contributed by atoms with van der Waals surface area (Å²) in [5, 5.41) is 11.7. The number of hydrogen-bond acceptors (Lipinski definition) is 3. The van der Waals surface area contributed by atoms with E-state index in [0.717, 1.165) is 22.5 Å². The highest BCUT2D eigenvalue weighted by Crippen LogP contribution is 2.21. The Morgan fingerprint density at radius 2 is 1.72 bits per heavy atom. The molecule has 1 aromatic heterocycles. The molecule has 1 N–H and O–H groups in total. The monoisotopic (exact) mass is 354 g/mol. The number of benzene rings is 2. The van der Waals surface area contributed by atoms with Gasteiger partial charge in [-0.25, -0.2) is 4.68 Å². The highest BCUT2D eigenvalue weighted by atomic mass is 35.5. The van der Waals surface area contributed by atoms with Gasteiger partial charge in [-0.15, -0.1) is 5.10 Å². The number of rotatable bonds is 3. The van der Waals surface area contributed by atoms with E-state index >= 15 is 0 Å². The second-order valence-electron chi connectivity index (χ2n) is 6.12. The first kappa shape index (κ1) is 17.2. The van der Waals surface area contributed by atoms with Crippen molar-refractivity contribution in [1.82, 2.24) is 15.0 Å². The van der Waals surface area contributed by atoms with Crippen LogP contribution in [0.3, 0.4) is 0 Å². The summed E-state index contributed by atoms with van der Waals surface area (Å²) in [7, 11) is 0. The zero-order valence-electron chi connectivity index (χ0n) is 14.6. The number of carbonyl (C=O) groups excluding carboxylic acids is 1. The number of amides is 1. The molecular weight excluding hydrogens is 336 g/mol. The molecule has 0 aliphatic heterocycles. The van der Waals surface area contributed by atoms with Gasteiger partial charge >= 0.3 is 0 Å².